The van der Waals surface area contributed by atoms with Gasteiger partial charge in [0.05, 0.1) is 0 Å². The Bertz CT molecular complexity index is 517. The number of nitrogens with one attached hydrogen (secondary N) is 2. The van der Waals surface area contributed by atoms with Crippen molar-refractivity contribution in [1.29, 1.82) is 0 Å². The lowest BCUT2D eigenvalue weighted by atomic mass is 10.4. The Morgan fingerprint density at radius 3 is 2.62 bits per heavy atom. The lowest BCUT2D eigenvalue weighted by Gasteiger charge is -2.04. The monoisotopic (exact) mass is 308 g/mol. The lowest BCUT2D eigenvalue weighted by molar-refractivity contribution is -0.143. The summed E-state index contributed by atoms with van der Waals surface area (Å²) in [6.45, 7) is 1.62. The predicted octanol–water partition coefficient (Wildman–Crippen LogP) is 1.68. The molecular formula is C14H16N2O4S. The molecule has 1 rings (SSSR count). The maximum absolute atomic E-state index is 11.3. The zero-order chi connectivity index (χ0) is 15.5. The smallest absolute Gasteiger partial charge is 0.331 e. The number of carbonyl (C=O) groups excluding carboxylic acids is 3. The zero-order valence-corrected chi connectivity index (χ0v) is 12.3. The Balaban J connectivity index is 2.24. The van der Waals surface area contributed by atoms with Crippen LogP contribution in [0.1, 0.15) is 6.92 Å². The third-order valence-electron chi connectivity index (χ3n) is 2.09. The third kappa shape index (κ3) is 7.78. The number of benzene rings is 1. The van der Waals surface area contributed by atoms with Gasteiger partial charge in [0.15, 0.2) is 6.61 Å². The maximum atomic E-state index is 11.3. The molecule has 0 fully saturated rings. The number of carbonyl (C=O) groups is 3. The Morgan fingerprint density at radius 1 is 1.24 bits per heavy atom. The molecule has 0 spiro atoms. The Kier molecular flexibility index (Phi) is 7.67. The average molecular weight is 308 g/mol. The number of hydrogen-bond donors (Lipinski definition) is 2. The van der Waals surface area contributed by atoms with E-state index >= 15 is 0 Å². The molecule has 1 aromatic rings. The van der Waals surface area contributed by atoms with Gasteiger partial charge in [-0.05, 0) is 24.5 Å². The largest absolute Gasteiger partial charge is 0.452 e. The summed E-state index contributed by atoms with van der Waals surface area (Å²) in [6, 6.07) is 8.87. The zero-order valence-electron chi connectivity index (χ0n) is 11.5. The van der Waals surface area contributed by atoms with Crippen LogP contribution in [0.25, 0.3) is 0 Å². The van der Waals surface area contributed by atoms with Crippen molar-refractivity contribution < 1.29 is 19.1 Å². The van der Waals surface area contributed by atoms with Gasteiger partial charge < -0.3 is 10.1 Å². The molecule has 21 heavy (non-hydrogen) atoms. The van der Waals surface area contributed by atoms with E-state index in [4.69, 9.17) is 0 Å². The van der Waals surface area contributed by atoms with E-state index < -0.39 is 24.5 Å². The van der Waals surface area contributed by atoms with E-state index in [1.807, 2.05) is 35.6 Å². The lowest BCUT2D eigenvalue weighted by Crippen LogP contribution is -2.41. The van der Waals surface area contributed by atoms with Crippen LogP contribution >= 0.6 is 11.8 Å². The highest BCUT2D eigenvalue weighted by Gasteiger charge is 2.08. The van der Waals surface area contributed by atoms with E-state index in [-0.39, 0.29) is 0 Å². The molecule has 0 atom stereocenters. The second-order valence-electron chi connectivity index (χ2n) is 3.75. The van der Waals surface area contributed by atoms with Crippen molar-refractivity contribution in [2.75, 3.05) is 13.2 Å². The van der Waals surface area contributed by atoms with Crippen molar-refractivity contribution in [3.05, 3.63) is 41.8 Å². The minimum Gasteiger partial charge on any atom is -0.452 e. The first-order valence-electron chi connectivity index (χ1n) is 6.24. The highest BCUT2D eigenvalue weighted by atomic mass is 32.2. The first-order chi connectivity index (χ1) is 10.1. The van der Waals surface area contributed by atoms with E-state index in [1.54, 1.807) is 12.3 Å². The molecule has 6 nitrogen and oxygen atoms in total. The first kappa shape index (κ1) is 16.8. The van der Waals surface area contributed by atoms with Crippen LogP contribution in [0.5, 0.6) is 0 Å². The highest BCUT2D eigenvalue weighted by molar-refractivity contribution is 8.02. The summed E-state index contributed by atoms with van der Waals surface area (Å²) < 4.78 is 4.69. The highest BCUT2D eigenvalue weighted by Crippen LogP contribution is 2.17. The number of amides is 3. The molecule has 0 aromatic heterocycles. The molecule has 112 valence electrons. The molecule has 0 aliphatic rings. The van der Waals surface area contributed by atoms with E-state index in [0.717, 1.165) is 4.90 Å². The molecule has 0 heterocycles. The van der Waals surface area contributed by atoms with Gasteiger partial charge in [-0.2, -0.15) is 0 Å². The molecule has 0 aliphatic carbocycles. The Labute approximate surface area is 126 Å². The van der Waals surface area contributed by atoms with Crippen molar-refractivity contribution >= 4 is 29.7 Å². The number of esters is 1. The summed E-state index contributed by atoms with van der Waals surface area (Å²) in [5.41, 5.74) is 0. The molecule has 0 radical (unpaired) electrons. The number of ether oxygens (including phenoxy) is 1. The summed E-state index contributed by atoms with van der Waals surface area (Å²) in [5, 5.41) is 5.98. The number of rotatable bonds is 6. The summed E-state index contributed by atoms with van der Waals surface area (Å²) in [6.07, 6.45) is 1.22. The number of thioether (sulfide) groups is 1. The van der Waals surface area contributed by atoms with Gasteiger partial charge in [0.1, 0.15) is 0 Å². The topological polar surface area (TPSA) is 84.5 Å². The van der Waals surface area contributed by atoms with E-state index in [0.29, 0.717) is 6.54 Å². The van der Waals surface area contributed by atoms with Gasteiger partial charge >= 0.3 is 12.0 Å². The molecule has 0 aliphatic heterocycles. The molecule has 1 aromatic carbocycles. The fraction of sp³-hybridized carbons (Fsp3) is 0.214. The quantitative estimate of drug-likeness (QED) is 0.474. The normalized spacial score (nSPS) is 10.1. The van der Waals surface area contributed by atoms with Gasteiger partial charge in [0.2, 0.25) is 0 Å². The van der Waals surface area contributed by atoms with Crippen molar-refractivity contribution in [2.24, 2.45) is 0 Å². The van der Waals surface area contributed by atoms with Crippen LogP contribution in [0, 0.1) is 0 Å². The van der Waals surface area contributed by atoms with Crippen LogP contribution < -0.4 is 10.6 Å². The summed E-state index contributed by atoms with van der Waals surface area (Å²) in [5.74, 6) is -1.33. The average Bonchev–Trinajstić information content (AvgIpc) is 2.46. The minimum atomic E-state index is -0.682. The van der Waals surface area contributed by atoms with E-state index in [1.165, 1.54) is 17.8 Å². The molecule has 0 saturated carbocycles. The van der Waals surface area contributed by atoms with Crippen LogP contribution in [0.2, 0.25) is 0 Å². The van der Waals surface area contributed by atoms with Gasteiger partial charge in [0, 0.05) is 17.5 Å². The first-order valence-corrected chi connectivity index (χ1v) is 7.12. The summed E-state index contributed by atoms with van der Waals surface area (Å²) >= 11 is 1.35. The van der Waals surface area contributed by atoms with Gasteiger partial charge in [-0.3, -0.25) is 10.1 Å². The van der Waals surface area contributed by atoms with Crippen LogP contribution in [-0.4, -0.2) is 31.1 Å². The van der Waals surface area contributed by atoms with Crippen LogP contribution in [0.15, 0.2) is 46.7 Å². The second kappa shape index (κ2) is 9.60. The maximum Gasteiger partial charge on any atom is 0.331 e. The number of imide groups is 1. The molecule has 3 amide bonds. The van der Waals surface area contributed by atoms with Crippen molar-refractivity contribution in [3.8, 4) is 0 Å². The minimum absolute atomic E-state index is 0.401. The molecular weight excluding hydrogens is 292 g/mol. The van der Waals surface area contributed by atoms with E-state index in [9.17, 15) is 14.4 Å². The van der Waals surface area contributed by atoms with E-state index in [2.05, 4.69) is 10.1 Å². The third-order valence-corrected chi connectivity index (χ3v) is 2.90. The predicted molar refractivity (Wildman–Crippen MR) is 79.6 cm³/mol. The Morgan fingerprint density at radius 2 is 1.95 bits per heavy atom. The fourth-order valence-electron chi connectivity index (χ4n) is 1.22. The van der Waals surface area contributed by atoms with Crippen LogP contribution in [-0.2, 0) is 14.3 Å². The summed E-state index contributed by atoms with van der Waals surface area (Å²) in [4.78, 5) is 34.6. The van der Waals surface area contributed by atoms with Crippen molar-refractivity contribution in [1.82, 2.24) is 10.6 Å². The fourth-order valence-corrected chi connectivity index (χ4v) is 1.87. The molecule has 0 bridgehead atoms. The second-order valence-corrected chi connectivity index (χ2v) is 4.73. The van der Waals surface area contributed by atoms with Crippen molar-refractivity contribution in [3.63, 3.8) is 0 Å². The SMILES string of the molecule is CCNC(=O)NC(=O)COC(=O)/C=C/Sc1ccccc1. The van der Waals surface area contributed by atoms with Gasteiger partial charge in [-0.15, -0.1) is 0 Å². The Hall–Kier alpha value is -2.28. The molecule has 7 heteroatoms. The standard InChI is InChI=1S/C14H16N2O4S/c1-2-15-14(19)16-12(17)10-20-13(18)8-9-21-11-6-4-3-5-7-11/h3-9H,2,10H2,1H3,(H2,15,16,17,19)/b9-8+. The molecule has 0 saturated heterocycles. The molecule has 2 N–H and O–H groups in total. The number of urea groups is 1. The van der Waals surface area contributed by atoms with Gasteiger partial charge in [-0.1, -0.05) is 30.0 Å². The molecule has 0 unspecified atom stereocenters. The number of hydrogen-bond acceptors (Lipinski definition) is 5. The van der Waals surface area contributed by atoms with Gasteiger partial charge in [-0.25, -0.2) is 9.59 Å². The van der Waals surface area contributed by atoms with Crippen molar-refractivity contribution in [2.45, 2.75) is 11.8 Å². The van der Waals surface area contributed by atoms with Crippen LogP contribution in [0.4, 0.5) is 4.79 Å². The summed E-state index contributed by atoms with van der Waals surface area (Å²) in [7, 11) is 0. The van der Waals surface area contributed by atoms with Gasteiger partial charge in [0.25, 0.3) is 5.91 Å². The van der Waals surface area contributed by atoms with Crippen LogP contribution in [0.3, 0.4) is 0 Å².